The molecule has 0 aliphatic heterocycles. The van der Waals surface area contributed by atoms with E-state index in [4.69, 9.17) is 0 Å². The molecule has 0 unspecified atom stereocenters. The largest absolute Gasteiger partial charge is 0.346 e. The summed E-state index contributed by atoms with van der Waals surface area (Å²) in [6, 6.07) is 8.80. The van der Waals surface area contributed by atoms with Gasteiger partial charge in [-0.1, -0.05) is 12.1 Å². The minimum Gasteiger partial charge on any atom is -0.346 e. The number of rotatable bonds is 5. The van der Waals surface area contributed by atoms with Crippen molar-refractivity contribution in [3.05, 3.63) is 83.2 Å². The van der Waals surface area contributed by atoms with Crippen LogP contribution < -0.4 is 5.32 Å². The molecule has 0 saturated heterocycles. The van der Waals surface area contributed by atoms with E-state index in [9.17, 15) is 4.39 Å². The van der Waals surface area contributed by atoms with Crippen LogP contribution in [0.4, 0.5) is 10.3 Å². The maximum Gasteiger partial charge on any atom is 0.223 e. The molecule has 4 aromatic rings. The number of aryl methyl sites for hydroxylation is 1. The molecule has 3 heterocycles. The quantitative estimate of drug-likeness (QED) is 0.541. The van der Waals surface area contributed by atoms with Crippen molar-refractivity contribution in [2.45, 2.75) is 31.7 Å². The summed E-state index contributed by atoms with van der Waals surface area (Å²) in [5, 5.41) is 4.56. The molecule has 5 nitrogen and oxygen atoms in total. The molecule has 0 bridgehead atoms. The Hall–Kier alpha value is -3.28. The molecule has 1 aromatic carbocycles. The summed E-state index contributed by atoms with van der Waals surface area (Å²) < 4.78 is 13.2. The van der Waals surface area contributed by atoms with Crippen molar-refractivity contribution in [2.75, 3.05) is 5.32 Å². The average molecular weight is 373 g/mol. The van der Waals surface area contributed by atoms with Gasteiger partial charge in [0.1, 0.15) is 11.5 Å². The van der Waals surface area contributed by atoms with Crippen molar-refractivity contribution in [3.8, 4) is 0 Å². The molecule has 3 aromatic heterocycles. The Kier molecular flexibility index (Phi) is 3.86. The molecule has 1 aliphatic carbocycles. The lowest BCUT2D eigenvalue weighted by Crippen LogP contribution is -2.20. The fraction of sp³-hybridized carbons (Fsp3) is 0.227. The highest BCUT2D eigenvalue weighted by Crippen LogP contribution is 2.47. The molecule has 1 saturated carbocycles. The van der Waals surface area contributed by atoms with Gasteiger partial charge in [-0.2, -0.15) is 0 Å². The van der Waals surface area contributed by atoms with Gasteiger partial charge < -0.3 is 10.3 Å². The van der Waals surface area contributed by atoms with Crippen molar-refractivity contribution >= 4 is 17.0 Å². The van der Waals surface area contributed by atoms with Gasteiger partial charge in [-0.15, -0.1) is 0 Å². The first-order chi connectivity index (χ1) is 13.6. The predicted molar refractivity (Wildman–Crippen MR) is 107 cm³/mol. The standard InChI is InChI=1S/C22H20FN5/c1-14-8-19-16(13-25-20(19)24-10-14)9-15-11-26-21(27-12-15)28-22(6-7-22)17-2-4-18(23)5-3-17/h2-5,8,10-13H,6-7,9H2,1H3,(H,24,25)(H,26,27,28). The van der Waals surface area contributed by atoms with Gasteiger partial charge in [0, 0.05) is 36.6 Å². The molecular weight excluding hydrogens is 353 g/mol. The molecular formula is C22H20FN5. The van der Waals surface area contributed by atoms with Crippen molar-refractivity contribution < 1.29 is 4.39 Å². The highest BCUT2D eigenvalue weighted by Gasteiger charge is 2.44. The third-order valence-electron chi connectivity index (χ3n) is 5.35. The second kappa shape index (κ2) is 6.41. The summed E-state index contributed by atoms with van der Waals surface area (Å²) in [5.41, 5.74) is 5.16. The Balaban J connectivity index is 1.33. The molecule has 2 N–H and O–H groups in total. The third-order valence-corrected chi connectivity index (χ3v) is 5.35. The number of fused-ring (bicyclic) bond motifs is 1. The Morgan fingerprint density at radius 2 is 1.82 bits per heavy atom. The molecule has 0 amide bonds. The van der Waals surface area contributed by atoms with Gasteiger partial charge >= 0.3 is 0 Å². The SMILES string of the molecule is Cc1cnc2[nH]cc(Cc3cnc(NC4(c5ccc(F)cc5)CC4)nc3)c2c1. The number of halogens is 1. The Morgan fingerprint density at radius 1 is 1.07 bits per heavy atom. The van der Waals surface area contributed by atoms with Crippen molar-refractivity contribution in [1.29, 1.82) is 0 Å². The summed E-state index contributed by atoms with van der Waals surface area (Å²) in [7, 11) is 0. The van der Waals surface area contributed by atoms with E-state index in [-0.39, 0.29) is 11.4 Å². The number of aromatic amines is 1. The van der Waals surface area contributed by atoms with Crippen molar-refractivity contribution in [1.82, 2.24) is 19.9 Å². The summed E-state index contributed by atoms with van der Waals surface area (Å²) >= 11 is 0. The first-order valence-electron chi connectivity index (χ1n) is 9.39. The van der Waals surface area contributed by atoms with E-state index in [1.54, 1.807) is 0 Å². The van der Waals surface area contributed by atoms with Crippen LogP contribution in [0.15, 0.2) is 55.1 Å². The molecule has 5 rings (SSSR count). The van der Waals surface area contributed by atoms with E-state index >= 15 is 0 Å². The van der Waals surface area contributed by atoms with Crippen LogP contribution in [0.3, 0.4) is 0 Å². The van der Waals surface area contributed by atoms with E-state index in [1.807, 2.05) is 43.8 Å². The lowest BCUT2D eigenvalue weighted by Gasteiger charge is -2.18. The highest BCUT2D eigenvalue weighted by atomic mass is 19.1. The number of H-pyrrole nitrogens is 1. The number of hydrogen-bond donors (Lipinski definition) is 2. The number of nitrogens with one attached hydrogen (secondary N) is 2. The van der Waals surface area contributed by atoms with Gasteiger partial charge in [0.15, 0.2) is 0 Å². The molecule has 28 heavy (non-hydrogen) atoms. The molecule has 1 aliphatic rings. The number of pyridine rings is 1. The number of hydrogen-bond acceptors (Lipinski definition) is 4. The van der Waals surface area contributed by atoms with Gasteiger partial charge in [0.2, 0.25) is 5.95 Å². The smallest absolute Gasteiger partial charge is 0.223 e. The van der Waals surface area contributed by atoms with Crippen LogP contribution in [0.5, 0.6) is 0 Å². The number of nitrogens with zero attached hydrogens (tertiary/aromatic N) is 3. The zero-order valence-corrected chi connectivity index (χ0v) is 15.5. The van der Waals surface area contributed by atoms with Crippen LogP contribution >= 0.6 is 0 Å². The maximum absolute atomic E-state index is 13.2. The normalized spacial score (nSPS) is 14.9. The van der Waals surface area contributed by atoms with E-state index in [0.29, 0.717) is 5.95 Å². The Bertz CT molecular complexity index is 1130. The number of aromatic nitrogens is 4. The van der Waals surface area contributed by atoms with Gasteiger partial charge in [-0.25, -0.2) is 19.3 Å². The minimum atomic E-state index is -0.220. The minimum absolute atomic E-state index is 0.171. The zero-order chi connectivity index (χ0) is 19.1. The second-order valence-corrected chi connectivity index (χ2v) is 7.53. The molecule has 140 valence electrons. The number of benzene rings is 1. The van der Waals surface area contributed by atoms with Crippen LogP contribution in [-0.4, -0.2) is 19.9 Å². The molecule has 6 heteroatoms. The number of anilines is 1. The van der Waals surface area contributed by atoms with Gasteiger partial charge in [0.25, 0.3) is 0 Å². The Labute approximate surface area is 162 Å². The van der Waals surface area contributed by atoms with E-state index < -0.39 is 0 Å². The summed E-state index contributed by atoms with van der Waals surface area (Å²) in [6.45, 7) is 2.04. The predicted octanol–water partition coefficient (Wildman–Crippen LogP) is 4.49. The molecule has 0 spiro atoms. The van der Waals surface area contributed by atoms with Crippen molar-refractivity contribution in [3.63, 3.8) is 0 Å². The topological polar surface area (TPSA) is 66.5 Å². The van der Waals surface area contributed by atoms with Gasteiger partial charge in [-0.05, 0) is 60.2 Å². The monoisotopic (exact) mass is 373 g/mol. The van der Waals surface area contributed by atoms with E-state index in [1.165, 1.54) is 17.7 Å². The lowest BCUT2D eigenvalue weighted by molar-refractivity contribution is 0.625. The van der Waals surface area contributed by atoms with Crippen LogP contribution in [0, 0.1) is 12.7 Å². The Morgan fingerprint density at radius 3 is 2.54 bits per heavy atom. The maximum atomic E-state index is 13.2. The van der Waals surface area contributed by atoms with Crippen LogP contribution in [0.2, 0.25) is 0 Å². The first kappa shape index (κ1) is 16.9. The average Bonchev–Trinajstić information content (AvgIpc) is 3.38. The summed E-state index contributed by atoms with van der Waals surface area (Å²) in [6.07, 6.45) is 10.3. The fourth-order valence-electron chi connectivity index (χ4n) is 3.63. The fourth-order valence-corrected chi connectivity index (χ4v) is 3.63. The van der Waals surface area contributed by atoms with Gasteiger partial charge in [0.05, 0.1) is 5.54 Å². The second-order valence-electron chi connectivity index (χ2n) is 7.53. The zero-order valence-electron chi connectivity index (χ0n) is 15.5. The third kappa shape index (κ3) is 3.11. The van der Waals surface area contributed by atoms with E-state index in [2.05, 4.69) is 31.3 Å². The summed E-state index contributed by atoms with van der Waals surface area (Å²) in [5.74, 6) is 0.379. The van der Waals surface area contributed by atoms with Crippen LogP contribution in [0.1, 0.15) is 35.1 Å². The first-order valence-corrected chi connectivity index (χ1v) is 9.39. The molecule has 0 atom stereocenters. The highest BCUT2D eigenvalue weighted by molar-refractivity contribution is 5.80. The lowest BCUT2D eigenvalue weighted by atomic mass is 10.1. The molecule has 1 fully saturated rings. The van der Waals surface area contributed by atoms with Crippen LogP contribution in [-0.2, 0) is 12.0 Å². The van der Waals surface area contributed by atoms with Crippen molar-refractivity contribution in [2.24, 2.45) is 0 Å². The van der Waals surface area contributed by atoms with Crippen LogP contribution in [0.25, 0.3) is 11.0 Å². The summed E-state index contributed by atoms with van der Waals surface area (Å²) in [4.78, 5) is 16.6. The molecule has 0 radical (unpaired) electrons. The van der Waals surface area contributed by atoms with E-state index in [0.717, 1.165) is 47.0 Å². The van der Waals surface area contributed by atoms with Gasteiger partial charge in [-0.3, -0.25) is 0 Å².